The van der Waals surface area contributed by atoms with Crippen LogP contribution in [0.1, 0.15) is 6.42 Å². The molecule has 0 fully saturated rings. The highest BCUT2D eigenvalue weighted by atomic mass is 32.1. The van der Waals surface area contributed by atoms with Crippen LogP contribution in [0.15, 0.2) is 48.4 Å². The van der Waals surface area contributed by atoms with Crippen LogP contribution < -0.4 is 10.6 Å². The second kappa shape index (κ2) is 7.41. The van der Waals surface area contributed by atoms with Crippen LogP contribution in [0.3, 0.4) is 0 Å². The van der Waals surface area contributed by atoms with Gasteiger partial charge in [0, 0.05) is 48.7 Å². The molecule has 0 saturated carbocycles. The minimum Gasteiger partial charge on any atom is -0.354 e. The molecule has 3 rings (SSSR count). The normalized spacial score (nSPS) is 10.3. The lowest BCUT2D eigenvalue weighted by Crippen LogP contribution is -2.16. The lowest BCUT2D eigenvalue weighted by atomic mass is 10.2. The first-order valence-electron chi connectivity index (χ1n) is 6.98. The summed E-state index contributed by atoms with van der Waals surface area (Å²) in [6.07, 6.45) is 7.04. The van der Waals surface area contributed by atoms with Crippen molar-refractivity contribution in [3.8, 4) is 11.3 Å². The predicted octanol–water partition coefficient (Wildman–Crippen LogP) is 2.44. The summed E-state index contributed by atoms with van der Waals surface area (Å²) in [4.78, 5) is 28.4. The molecule has 3 heterocycles. The number of thiazole rings is 1. The van der Waals surface area contributed by atoms with E-state index in [0.29, 0.717) is 24.0 Å². The molecular weight excluding hydrogens is 312 g/mol. The third-order valence-corrected chi connectivity index (χ3v) is 3.67. The van der Waals surface area contributed by atoms with E-state index >= 15 is 0 Å². The van der Waals surface area contributed by atoms with E-state index in [2.05, 4.69) is 30.6 Å². The fourth-order valence-corrected chi connectivity index (χ4v) is 2.57. The average Bonchev–Trinajstić information content (AvgIpc) is 3.05. The number of carbonyl (C=O) groups excluding carboxylic acids is 1. The van der Waals surface area contributed by atoms with Gasteiger partial charge in [-0.2, -0.15) is 0 Å². The minimum absolute atomic E-state index is 0.111. The summed E-state index contributed by atoms with van der Waals surface area (Å²) >= 11 is 1.39. The van der Waals surface area contributed by atoms with Crippen molar-refractivity contribution in [2.24, 2.45) is 0 Å². The Hall–Kier alpha value is -2.87. The topological polar surface area (TPSA) is 92.7 Å². The lowest BCUT2D eigenvalue weighted by Gasteiger charge is -2.04. The third-order valence-electron chi connectivity index (χ3n) is 2.91. The minimum atomic E-state index is -0.111. The first-order chi connectivity index (χ1) is 11.3. The van der Waals surface area contributed by atoms with Crippen molar-refractivity contribution in [2.45, 2.75) is 6.42 Å². The van der Waals surface area contributed by atoms with Gasteiger partial charge in [-0.05, 0) is 18.2 Å². The molecule has 3 aromatic rings. The Kier molecular flexibility index (Phi) is 4.85. The van der Waals surface area contributed by atoms with Gasteiger partial charge in [-0.25, -0.2) is 15.0 Å². The molecule has 8 heteroatoms. The van der Waals surface area contributed by atoms with E-state index in [0.717, 1.165) is 11.3 Å². The van der Waals surface area contributed by atoms with E-state index in [1.807, 2.05) is 17.5 Å². The molecule has 7 nitrogen and oxygen atoms in total. The van der Waals surface area contributed by atoms with Crippen LogP contribution in [0, 0.1) is 0 Å². The largest absolute Gasteiger partial charge is 0.354 e. The van der Waals surface area contributed by atoms with Crippen molar-refractivity contribution in [1.82, 2.24) is 19.9 Å². The summed E-state index contributed by atoms with van der Waals surface area (Å²) in [7, 11) is 0. The fraction of sp³-hybridized carbons (Fsp3) is 0.133. The summed E-state index contributed by atoms with van der Waals surface area (Å²) in [6, 6.07) is 5.52. The zero-order valence-corrected chi connectivity index (χ0v) is 13.0. The maximum absolute atomic E-state index is 11.9. The molecule has 116 valence electrons. The number of hydrogen-bond acceptors (Lipinski definition) is 7. The zero-order chi connectivity index (χ0) is 15.9. The Labute approximate surface area is 136 Å². The van der Waals surface area contributed by atoms with Gasteiger partial charge in [-0.1, -0.05) is 0 Å². The van der Waals surface area contributed by atoms with E-state index in [4.69, 9.17) is 0 Å². The number of nitrogens with zero attached hydrogens (tertiary/aromatic N) is 4. The van der Waals surface area contributed by atoms with Crippen LogP contribution >= 0.6 is 11.3 Å². The van der Waals surface area contributed by atoms with Crippen LogP contribution in [0.25, 0.3) is 11.3 Å². The van der Waals surface area contributed by atoms with Gasteiger partial charge < -0.3 is 10.6 Å². The maximum atomic E-state index is 11.9. The number of hydrogen-bond donors (Lipinski definition) is 2. The number of aromatic nitrogens is 4. The molecule has 0 aliphatic rings. The van der Waals surface area contributed by atoms with Gasteiger partial charge in [0.1, 0.15) is 0 Å². The smallest absolute Gasteiger partial charge is 0.227 e. The standard InChI is InChI=1S/C15H14N6OS/c22-13(4-8-19-14-17-6-2-7-18-14)21-15-20-12(10-23-15)11-3-1-5-16-9-11/h1-3,5-7,9-10H,4,8H2,(H,17,18,19)(H,20,21,22). The molecule has 0 aliphatic carbocycles. The van der Waals surface area contributed by atoms with E-state index in [1.165, 1.54) is 11.3 Å². The molecule has 0 atom stereocenters. The lowest BCUT2D eigenvalue weighted by molar-refractivity contribution is -0.115. The number of pyridine rings is 1. The summed E-state index contributed by atoms with van der Waals surface area (Å²) in [5.74, 6) is 0.397. The molecule has 0 bridgehead atoms. The quantitative estimate of drug-likeness (QED) is 0.723. The molecule has 3 aromatic heterocycles. The van der Waals surface area contributed by atoms with Gasteiger partial charge in [-0.3, -0.25) is 9.78 Å². The van der Waals surface area contributed by atoms with Crippen LogP contribution in [-0.4, -0.2) is 32.4 Å². The van der Waals surface area contributed by atoms with Crippen LogP contribution in [-0.2, 0) is 4.79 Å². The first-order valence-corrected chi connectivity index (χ1v) is 7.86. The average molecular weight is 326 g/mol. The van der Waals surface area contributed by atoms with Crippen molar-refractivity contribution in [3.63, 3.8) is 0 Å². The maximum Gasteiger partial charge on any atom is 0.227 e. The molecule has 0 spiro atoms. The van der Waals surface area contributed by atoms with E-state index in [9.17, 15) is 4.79 Å². The number of anilines is 2. The summed E-state index contributed by atoms with van der Waals surface area (Å²) in [6.45, 7) is 0.455. The number of rotatable bonds is 6. The molecule has 0 unspecified atom stereocenters. The Morgan fingerprint density at radius 3 is 2.83 bits per heavy atom. The Morgan fingerprint density at radius 2 is 2.04 bits per heavy atom. The number of carbonyl (C=O) groups is 1. The second-order valence-electron chi connectivity index (χ2n) is 4.58. The number of amides is 1. The molecule has 2 N–H and O–H groups in total. The molecule has 0 radical (unpaired) electrons. The third kappa shape index (κ3) is 4.30. The predicted molar refractivity (Wildman–Crippen MR) is 89.1 cm³/mol. The van der Waals surface area contributed by atoms with Gasteiger partial charge in [0.2, 0.25) is 11.9 Å². The van der Waals surface area contributed by atoms with Crippen LogP contribution in [0.5, 0.6) is 0 Å². The molecule has 0 saturated heterocycles. The Balaban J connectivity index is 1.49. The highest BCUT2D eigenvalue weighted by Crippen LogP contribution is 2.24. The second-order valence-corrected chi connectivity index (χ2v) is 5.44. The highest BCUT2D eigenvalue weighted by Gasteiger charge is 2.08. The van der Waals surface area contributed by atoms with Gasteiger partial charge in [0.15, 0.2) is 5.13 Å². The summed E-state index contributed by atoms with van der Waals surface area (Å²) < 4.78 is 0. The zero-order valence-electron chi connectivity index (χ0n) is 12.1. The fourth-order valence-electron chi connectivity index (χ4n) is 1.84. The van der Waals surface area contributed by atoms with Gasteiger partial charge in [0.05, 0.1) is 5.69 Å². The van der Waals surface area contributed by atoms with Gasteiger partial charge >= 0.3 is 0 Å². The first kappa shape index (κ1) is 15.0. The Bertz CT molecular complexity index is 762. The van der Waals surface area contributed by atoms with Gasteiger partial charge in [-0.15, -0.1) is 11.3 Å². The van der Waals surface area contributed by atoms with Crippen molar-refractivity contribution in [1.29, 1.82) is 0 Å². The monoisotopic (exact) mass is 326 g/mol. The van der Waals surface area contributed by atoms with Gasteiger partial charge in [0.25, 0.3) is 0 Å². The van der Waals surface area contributed by atoms with Crippen molar-refractivity contribution >= 4 is 28.3 Å². The van der Waals surface area contributed by atoms with Crippen molar-refractivity contribution in [3.05, 3.63) is 48.4 Å². The van der Waals surface area contributed by atoms with Crippen molar-refractivity contribution < 1.29 is 4.79 Å². The summed E-state index contributed by atoms with van der Waals surface area (Å²) in [5, 5.41) is 8.24. The summed E-state index contributed by atoms with van der Waals surface area (Å²) in [5.41, 5.74) is 1.72. The highest BCUT2D eigenvalue weighted by molar-refractivity contribution is 7.14. The SMILES string of the molecule is O=C(CCNc1ncccn1)Nc1nc(-c2cccnc2)cs1. The van der Waals surface area contributed by atoms with E-state index in [1.54, 1.807) is 30.9 Å². The Morgan fingerprint density at radius 1 is 1.17 bits per heavy atom. The molecule has 1 amide bonds. The van der Waals surface area contributed by atoms with Crippen LogP contribution in [0.2, 0.25) is 0 Å². The molecule has 0 aromatic carbocycles. The van der Waals surface area contributed by atoms with E-state index in [-0.39, 0.29) is 5.91 Å². The van der Waals surface area contributed by atoms with Crippen molar-refractivity contribution in [2.75, 3.05) is 17.2 Å². The molecule has 23 heavy (non-hydrogen) atoms. The van der Waals surface area contributed by atoms with E-state index < -0.39 is 0 Å². The molecular formula is C15H14N6OS. The van der Waals surface area contributed by atoms with Crippen LogP contribution in [0.4, 0.5) is 11.1 Å². The number of nitrogens with one attached hydrogen (secondary N) is 2. The molecule has 0 aliphatic heterocycles.